The molecule has 0 radical (unpaired) electrons. The fourth-order valence-corrected chi connectivity index (χ4v) is 2.42. The molecule has 0 unspecified atom stereocenters. The number of pyridine rings is 1. The summed E-state index contributed by atoms with van der Waals surface area (Å²) in [6.07, 6.45) is 0. The predicted molar refractivity (Wildman–Crippen MR) is 85.0 cm³/mol. The molecular formula is C17H13ClN3O+. The van der Waals surface area contributed by atoms with Gasteiger partial charge in [0, 0.05) is 10.6 Å². The summed E-state index contributed by atoms with van der Waals surface area (Å²) in [5, 5.41) is 10.0. The highest BCUT2D eigenvalue weighted by Gasteiger charge is 2.18. The van der Waals surface area contributed by atoms with E-state index in [-0.39, 0.29) is 0 Å². The average molecular weight is 311 g/mol. The first kappa shape index (κ1) is 14.2. The molecule has 1 aromatic carbocycles. The van der Waals surface area contributed by atoms with Crippen LogP contribution in [0, 0.1) is 18.3 Å². The number of nitrogens with one attached hydrogen (secondary N) is 1. The first-order chi connectivity index (χ1) is 10.6. The van der Waals surface area contributed by atoms with Gasteiger partial charge < -0.3 is 4.42 Å². The molecule has 108 valence electrons. The highest BCUT2D eigenvalue weighted by atomic mass is 35.5. The molecule has 0 atom stereocenters. The van der Waals surface area contributed by atoms with Crippen LogP contribution >= 0.6 is 11.6 Å². The van der Waals surface area contributed by atoms with Crippen LogP contribution in [-0.2, 0) is 0 Å². The van der Waals surface area contributed by atoms with Crippen molar-refractivity contribution >= 4 is 17.4 Å². The number of rotatable bonds is 2. The Morgan fingerprint density at radius 2 is 1.91 bits per heavy atom. The minimum atomic E-state index is 0.305. The van der Waals surface area contributed by atoms with Gasteiger partial charge in [-0.1, -0.05) is 23.7 Å². The number of nitriles is 1. The van der Waals surface area contributed by atoms with Crippen molar-refractivity contribution in [3.05, 3.63) is 58.8 Å². The van der Waals surface area contributed by atoms with Gasteiger partial charge in [-0.15, -0.1) is 0 Å². The van der Waals surface area contributed by atoms with Gasteiger partial charge in [-0.3, -0.25) is 5.73 Å². The SMILES string of the molecule is Cc1ccc(-c2cc(-c3ccc(Cl)cc3)c(C#N)c(N)[nH+]2)o1. The molecule has 0 aliphatic heterocycles. The standard InChI is InChI=1S/C17H12ClN3O/c1-10-2-7-16(22-10)15-8-13(14(9-19)17(20)21-15)11-3-5-12(18)6-4-11/h2-8H,1H3,(H2,20,21)/p+1. The van der Waals surface area contributed by atoms with Crippen molar-refractivity contribution in [2.24, 2.45) is 0 Å². The molecule has 3 N–H and O–H groups in total. The number of aromatic nitrogens is 1. The van der Waals surface area contributed by atoms with E-state index in [9.17, 15) is 5.26 Å². The molecule has 0 spiro atoms. The number of anilines is 1. The number of furan rings is 1. The first-order valence-corrected chi connectivity index (χ1v) is 7.05. The van der Waals surface area contributed by atoms with Gasteiger partial charge in [-0.25, -0.2) is 4.98 Å². The first-order valence-electron chi connectivity index (χ1n) is 6.67. The summed E-state index contributed by atoms with van der Waals surface area (Å²) in [6, 6.07) is 15.0. The summed E-state index contributed by atoms with van der Waals surface area (Å²) >= 11 is 5.92. The van der Waals surface area contributed by atoms with E-state index in [1.165, 1.54) is 0 Å². The Kier molecular flexibility index (Phi) is 3.58. The molecule has 0 bridgehead atoms. The van der Waals surface area contributed by atoms with Crippen LogP contribution in [0.5, 0.6) is 0 Å². The number of aromatic amines is 1. The van der Waals surface area contributed by atoms with Gasteiger partial charge in [0.05, 0.1) is 0 Å². The molecule has 0 saturated heterocycles. The minimum Gasteiger partial charge on any atom is -0.458 e. The van der Waals surface area contributed by atoms with Crippen LogP contribution in [-0.4, -0.2) is 0 Å². The number of hydrogen-bond acceptors (Lipinski definition) is 3. The van der Waals surface area contributed by atoms with E-state index in [0.717, 1.165) is 22.6 Å². The monoisotopic (exact) mass is 310 g/mol. The fraction of sp³-hybridized carbons (Fsp3) is 0.0588. The molecular weight excluding hydrogens is 298 g/mol. The quantitative estimate of drug-likeness (QED) is 0.781. The number of hydrogen-bond donors (Lipinski definition) is 1. The van der Waals surface area contributed by atoms with Crippen LogP contribution in [0.15, 0.2) is 46.9 Å². The van der Waals surface area contributed by atoms with Crippen molar-refractivity contribution in [1.82, 2.24) is 0 Å². The molecule has 5 heteroatoms. The van der Waals surface area contributed by atoms with Crippen LogP contribution in [0.4, 0.5) is 5.82 Å². The summed E-state index contributed by atoms with van der Waals surface area (Å²) in [5.74, 6) is 1.78. The van der Waals surface area contributed by atoms with E-state index < -0.39 is 0 Å². The summed E-state index contributed by atoms with van der Waals surface area (Å²) in [5.41, 5.74) is 8.72. The van der Waals surface area contributed by atoms with E-state index in [1.807, 2.05) is 37.3 Å². The van der Waals surface area contributed by atoms with E-state index in [0.29, 0.717) is 22.2 Å². The van der Waals surface area contributed by atoms with Crippen LogP contribution in [0.25, 0.3) is 22.6 Å². The lowest BCUT2D eigenvalue weighted by atomic mass is 10.00. The van der Waals surface area contributed by atoms with Crippen molar-refractivity contribution in [3.8, 4) is 28.7 Å². The van der Waals surface area contributed by atoms with E-state index in [2.05, 4.69) is 11.1 Å². The Hall–Kier alpha value is -2.77. The molecule has 0 aliphatic carbocycles. The van der Waals surface area contributed by atoms with E-state index >= 15 is 0 Å². The predicted octanol–water partition coefficient (Wildman–Crippen LogP) is 3.84. The number of nitrogens with zero attached hydrogens (tertiary/aromatic N) is 1. The second-order valence-electron chi connectivity index (χ2n) is 4.91. The molecule has 2 heterocycles. The third-order valence-corrected chi connectivity index (χ3v) is 3.62. The maximum Gasteiger partial charge on any atom is 0.289 e. The Morgan fingerprint density at radius 3 is 2.50 bits per heavy atom. The van der Waals surface area contributed by atoms with Gasteiger partial charge >= 0.3 is 0 Å². The van der Waals surface area contributed by atoms with Crippen LogP contribution in [0.3, 0.4) is 0 Å². The lowest BCUT2D eigenvalue weighted by Gasteiger charge is -2.06. The number of halogens is 1. The zero-order chi connectivity index (χ0) is 15.7. The van der Waals surface area contributed by atoms with E-state index in [1.54, 1.807) is 12.1 Å². The van der Waals surface area contributed by atoms with Gasteiger partial charge in [0.25, 0.3) is 5.82 Å². The minimum absolute atomic E-state index is 0.305. The molecule has 3 rings (SSSR count). The number of aryl methyl sites for hydroxylation is 1. The molecule has 0 saturated carbocycles. The molecule has 3 aromatic rings. The molecule has 4 nitrogen and oxygen atoms in total. The fourth-order valence-electron chi connectivity index (χ4n) is 2.29. The smallest absolute Gasteiger partial charge is 0.289 e. The molecule has 2 aromatic heterocycles. The Labute approximate surface area is 132 Å². The van der Waals surface area contributed by atoms with Crippen molar-refractivity contribution in [3.63, 3.8) is 0 Å². The van der Waals surface area contributed by atoms with Crippen LogP contribution < -0.4 is 10.7 Å². The van der Waals surface area contributed by atoms with Gasteiger partial charge in [0.2, 0.25) is 0 Å². The zero-order valence-corrected chi connectivity index (χ0v) is 12.6. The lowest BCUT2D eigenvalue weighted by molar-refractivity contribution is -0.348. The number of H-pyrrole nitrogens is 1. The van der Waals surface area contributed by atoms with Crippen molar-refractivity contribution in [2.45, 2.75) is 6.92 Å². The normalized spacial score (nSPS) is 10.4. The largest absolute Gasteiger partial charge is 0.458 e. The molecule has 0 aliphatic rings. The Morgan fingerprint density at radius 1 is 1.18 bits per heavy atom. The van der Waals surface area contributed by atoms with Gasteiger partial charge in [-0.05, 0) is 42.8 Å². The lowest BCUT2D eigenvalue weighted by Crippen LogP contribution is -2.16. The Bertz CT molecular complexity index is 876. The highest BCUT2D eigenvalue weighted by molar-refractivity contribution is 6.30. The molecule has 22 heavy (non-hydrogen) atoms. The number of benzene rings is 1. The maximum atomic E-state index is 9.38. The second kappa shape index (κ2) is 5.55. The number of nitrogen functional groups attached to an aromatic ring is 1. The molecule has 0 amide bonds. The van der Waals surface area contributed by atoms with Crippen molar-refractivity contribution in [2.75, 3.05) is 5.73 Å². The number of nitrogens with two attached hydrogens (primary N) is 1. The summed E-state index contributed by atoms with van der Waals surface area (Å²) in [4.78, 5) is 3.01. The van der Waals surface area contributed by atoms with Gasteiger partial charge in [0.1, 0.15) is 17.4 Å². The Balaban J connectivity index is 2.21. The average Bonchev–Trinajstić information content (AvgIpc) is 2.94. The summed E-state index contributed by atoms with van der Waals surface area (Å²) in [6.45, 7) is 1.87. The maximum absolute atomic E-state index is 9.38. The van der Waals surface area contributed by atoms with E-state index in [4.69, 9.17) is 21.8 Å². The zero-order valence-electron chi connectivity index (χ0n) is 11.9. The van der Waals surface area contributed by atoms with Crippen LogP contribution in [0.2, 0.25) is 5.02 Å². The van der Waals surface area contributed by atoms with Gasteiger partial charge in [0.15, 0.2) is 11.5 Å². The van der Waals surface area contributed by atoms with Crippen molar-refractivity contribution in [1.29, 1.82) is 5.26 Å². The summed E-state index contributed by atoms with van der Waals surface area (Å²) in [7, 11) is 0. The second-order valence-corrected chi connectivity index (χ2v) is 5.35. The molecule has 0 fully saturated rings. The van der Waals surface area contributed by atoms with Crippen molar-refractivity contribution < 1.29 is 9.40 Å². The summed E-state index contributed by atoms with van der Waals surface area (Å²) < 4.78 is 5.62. The highest BCUT2D eigenvalue weighted by Crippen LogP contribution is 2.30. The van der Waals surface area contributed by atoms with Crippen LogP contribution in [0.1, 0.15) is 11.3 Å². The van der Waals surface area contributed by atoms with Gasteiger partial charge in [-0.2, -0.15) is 5.26 Å². The third kappa shape index (κ3) is 2.54. The third-order valence-electron chi connectivity index (χ3n) is 3.37. The topological polar surface area (TPSA) is 77.1 Å².